The van der Waals surface area contributed by atoms with E-state index in [4.69, 9.17) is 9.47 Å². The van der Waals surface area contributed by atoms with E-state index in [-0.39, 0.29) is 42.9 Å². The molecule has 1 aliphatic heterocycles. The minimum Gasteiger partial charge on any atom is -1.00 e. The van der Waals surface area contributed by atoms with Gasteiger partial charge in [-0.05, 0) is 29.3 Å². The Bertz CT molecular complexity index is 941. The van der Waals surface area contributed by atoms with E-state index in [0.29, 0.717) is 17.7 Å². The molecule has 0 fully saturated rings. The summed E-state index contributed by atoms with van der Waals surface area (Å²) in [4.78, 5) is 24.1. The van der Waals surface area contributed by atoms with E-state index in [1.165, 1.54) is 6.92 Å². The number of benzene rings is 2. The molecule has 1 N–H and O–H groups in total. The Hall–Kier alpha value is -2.08. The summed E-state index contributed by atoms with van der Waals surface area (Å²) in [6, 6.07) is 13.3. The molecule has 2 aromatic carbocycles. The van der Waals surface area contributed by atoms with Gasteiger partial charge in [0.15, 0.2) is 0 Å². The van der Waals surface area contributed by atoms with Gasteiger partial charge in [0.25, 0.3) is 5.91 Å². The van der Waals surface area contributed by atoms with Crippen molar-refractivity contribution in [1.82, 2.24) is 0 Å². The molecule has 2 aliphatic rings. The van der Waals surface area contributed by atoms with E-state index in [1.54, 1.807) is 7.11 Å². The molecule has 1 aliphatic carbocycles. The zero-order chi connectivity index (χ0) is 17.6. The molecule has 0 bridgehead atoms. The third kappa shape index (κ3) is 3.07. The number of fused-ring (bicyclic) bond motifs is 2. The van der Waals surface area contributed by atoms with E-state index < -0.39 is 6.10 Å². The largest absolute Gasteiger partial charge is 1.00 e. The monoisotopic (exact) mass is 359 g/mol. The summed E-state index contributed by atoms with van der Waals surface area (Å²) >= 11 is 0. The maximum absolute atomic E-state index is 12.6. The first-order chi connectivity index (χ1) is 12.1. The number of nitrogens with one attached hydrogen (secondary N) is 1. The molecule has 0 spiro atoms. The van der Waals surface area contributed by atoms with Crippen molar-refractivity contribution in [1.29, 1.82) is 0 Å². The van der Waals surface area contributed by atoms with E-state index in [0.717, 1.165) is 28.0 Å². The van der Waals surface area contributed by atoms with E-state index in [1.807, 2.05) is 42.5 Å². The van der Waals surface area contributed by atoms with Crippen LogP contribution in [0.4, 0.5) is 5.69 Å². The van der Waals surface area contributed by atoms with Crippen LogP contribution in [0.2, 0.25) is 0 Å². The normalized spacial score (nSPS) is 19.9. The Kier molecular flexibility index (Phi) is 5.23. The van der Waals surface area contributed by atoms with Gasteiger partial charge in [0.1, 0.15) is 11.9 Å². The topological polar surface area (TPSA) is 64.6 Å². The van der Waals surface area contributed by atoms with Crippen molar-refractivity contribution in [2.24, 2.45) is 0 Å². The van der Waals surface area contributed by atoms with Gasteiger partial charge in [0, 0.05) is 30.2 Å². The van der Waals surface area contributed by atoms with Gasteiger partial charge in [0.05, 0.1) is 12.7 Å². The second kappa shape index (κ2) is 7.27. The molecule has 1 heterocycles. The van der Waals surface area contributed by atoms with Crippen LogP contribution in [0.5, 0.6) is 5.75 Å². The molecule has 128 valence electrons. The number of carbonyl (C=O) groups excluding carboxylic acids is 2. The molecule has 0 radical (unpaired) electrons. The predicted octanol–water partition coefficient (Wildman–Crippen LogP) is 0.682. The van der Waals surface area contributed by atoms with Crippen LogP contribution in [0.1, 0.15) is 37.6 Å². The number of hydrogen-bond donors (Lipinski definition) is 1. The maximum atomic E-state index is 12.6. The third-order valence-corrected chi connectivity index (χ3v) is 4.60. The zero-order valence-corrected chi connectivity index (χ0v) is 17.0. The average Bonchev–Trinajstić information content (AvgIpc) is 3.10. The molecule has 6 heteroatoms. The van der Waals surface area contributed by atoms with Gasteiger partial charge in [-0.3, -0.25) is 9.59 Å². The summed E-state index contributed by atoms with van der Waals surface area (Å²) in [5.74, 6) is 0.223. The molecule has 1 amide bonds. The summed E-state index contributed by atoms with van der Waals surface area (Å²) in [6.07, 6.45) is 0.0600. The average molecular weight is 359 g/mol. The second-order valence-corrected chi connectivity index (χ2v) is 6.11. The standard InChI is InChI=1S/C20H17NO4.Na.H/c1-11(22)25-18-10-16(13-8-7-12(24-2)9-15(13)18)19-14-5-3-4-6-17(14)21-20(19)23;;/h3-9,18H,10H2,1-2H3,(H,21,23);;/q;+1;-1. The molecule has 1 atom stereocenters. The zero-order valence-electron chi connectivity index (χ0n) is 16.0. The van der Waals surface area contributed by atoms with Gasteiger partial charge in [-0.2, -0.15) is 0 Å². The molecule has 26 heavy (non-hydrogen) atoms. The molecule has 4 rings (SSSR count). The first-order valence-corrected chi connectivity index (χ1v) is 8.08. The van der Waals surface area contributed by atoms with E-state index in [9.17, 15) is 9.59 Å². The second-order valence-electron chi connectivity index (χ2n) is 6.11. The number of para-hydroxylation sites is 1. The Morgan fingerprint density at radius 1 is 1.19 bits per heavy atom. The molecular formula is C20H18NNaO4. The molecule has 0 aromatic heterocycles. The van der Waals surface area contributed by atoms with Crippen molar-refractivity contribution in [2.45, 2.75) is 19.4 Å². The first-order valence-electron chi connectivity index (χ1n) is 8.08. The van der Waals surface area contributed by atoms with Crippen molar-refractivity contribution < 1.29 is 50.0 Å². The summed E-state index contributed by atoms with van der Waals surface area (Å²) in [6.45, 7) is 1.39. The van der Waals surface area contributed by atoms with Crippen LogP contribution in [0.3, 0.4) is 0 Å². The fourth-order valence-corrected chi connectivity index (χ4v) is 3.57. The molecule has 1 unspecified atom stereocenters. The fourth-order valence-electron chi connectivity index (χ4n) is 3.57. The van der Waals surface area contributed by atoms with Crippen LogP contribution in [0.25, 0.3) is 11.1 Å². The van der Waals surface area contributed by atoms with Crippen molar-refractivity contribution >= 4 is 28.7 Å². The Labute approximate surface area is 175 Å². The van der Waals surface area contributed by atoms with Crippen molar-refractivity contribution in [2.75, 3.05) is 12.4 Å². The third-order valence-electron chi connectivity index (χ3n) is 4.60. The smallest absolute Gasteiger partial charge is 1.00 e. The number of esters is 1. The number of amides is 1. The first kappa shape index (κ1) is 18.7. The van der Waals surface area contributed by atoms with Crippen LogP contribution < -0.4 is 39.6 Å². The van der Waals surface area contributed by atoms with Gasteiger partial charge in [0.2, 0.25) is 0 Å². The number of ether oxygens (including phenoxy) is 2. The van der Waals surface area contributed by atoms with Gasteiger partial charge in [-0.1, -0.05) is 24.3 Å². The number of carbonyl (C=O) groups is 2. The quantitative estimate of drug-likeness (QED) is 0.487. The van der Waals surface area contributed by atoms with E-state index >= 15 is 0 Å². The van der Waals surface area contributed by atoms with Crippen LogP contribution in [0.15, 0.2) is 42.5 Å². The van der Waals surface area contributed by atoms with Crippen LogP contribution in [-0.2, 0) is 14.3 Å². The molecular weight excluding hydrogens is 341 g/mol. The molecule has 0 saturated heterocycles. The van der Waals surface area contributed by atoms with Crippen LogP contribution >= 0.6 is 0 Å². The SMILES string of the molecule is COc1ccc2c(c1)C(OC(C)=O)CC2=C1C(=O)Nc2ccccc21.[H-].[Na+]. The Morgan fingerprint density at radius 2 is 1.96 bits per heavy atom. The van der Waals surface area contributed by atoms with Gasteiger partial charge >= 0.3 is 35.5 Å². The summed E-state index contributed by atoms with van der Waals surface area (Å²) in [5, 5.41) is 2.90. The van der Waals surface area contributed by atoms with Crippen LogP contribution in [-0.4, -0.2) is 19.0 Å². The maximum Gasteiger partial charge on any atom is 1.00 e. The van der Waals surface area contributed by atoms with Crippen molar-refractivity contribution in [3.05, 3.63) is 59.2 Å². The number of rotatable bonds is 2. The fraction of sp³-hybridized carbons (Fsp3) is 0.200. The minimum absolute atomic E-state index is 0. The summed E-state index contributed by atoms with van der Waals surface area (Å²) < 4.78 is 10.8. The van der Waals surface area contributed by atoms with Gasteiger partial charge in [-0.15, -0.1) is 0 Å². The van der Waals surface area contributed by atoms with Crippen molar-refractivity contribution in [3.8, 4) is 5.75 Å². The summed E-state index contributed by atoms with van der Waals surface area (Å²) in [7, 11) is 1.59. The number of anilines is 1. The Balaban J connectivity index is 0.00000131. The van der Waals surface area contributed by atoms with Gasteiger partial charge in [-0.25, -0.2) is 0 Å². The summed E-state index contributed by atoms with van der Waals surface area (Å²) in [5.41, 5.74) is 5.03. The molecule has 2 aromatic rings. The predicted molar refractivity (Wildman–Crippen MR) is 95.1 cm³/mol. The van der Waals surface area contributed by atoms with E-state index in [2.05, 4.69) is 5.32 Å². The molecule has 5 nitrogen and oxygen atoms in total. The van der Waals surface area contributed by atoms with Gasteiger partial charge < -0.3 is 16.2 Å². The Morgan fingerprint density at radius 3 is 2.69 bits per heavy atom. The number of methoxy groups -OCH3 is 1. The van der Waals surface area contributed by atoms with Crippen LogP contribution in [0, 0.1) is 0 Å². The minimum atomic E-state index is -0.411. The van der Waals surface area contributed by atoms with Crippen molar-refractivity contribution in [3.63, 3.8) is 0 Å². The molecule has 0 saturated carbocycles. The number of hydrogen-bond acceptors (Lipinski definition) is 4.